The molecule has 1 unspecified atom stereocenters. The fourth-order valence-corrected chi connectivity index (χ4v) is 3.59. The SMILES string of the molecule is CCn1cnnc1CCNC1CCOC12CCCC2. The van der Waals surface area contributed by atoms with Crippen LogP contribution in [0.5, 0.6) is 0 Å². The van der Waals surface area contributed by atoms with Crippen LogP contribution in [0.15, 0.2) is 6.33 Å². The lowest BCUT2D eigenvalue weighted by atomic mass is 9.92. The van der Waals surface area contributed by atoms with E-state index < -0.39 is 0 Å². The van der Waals surface area contributed by atoms with Crippen LogP contribution in [0.2, 0.25) is 0 Å². The molecule has 0 radical (unpaired) electrons. The van der Waals surface area contributed by atoms with Gasteiger partial charge in [-0.2, -0.15) is 0 Å². The number of hydrogen-bond acceptors (Lipinski definition) is 4. The zero-order chi connectivity index (χ0) is 13.1. The minimum Gasteiger partial charge on any atom is -0.373 e. The highest BCUT2D eigenvalue weighted by Crippen LogP contribution is 2.40. The Morgan fingerprint density at radius 3 is 3.11 bits per heavy atom. The summed E-state index contributed by atoms with van der Waals surface area (Å²) in [6, 6.07) is 0.535. The molecule has 5 nitrogen and oxygen atoms in total. The minimum absolute atomic E-state index is 0.151. The Morgan fingerprint density at radius 1 is 1.47 bits per heavy atom. The van der Waals surface area contributed by atoms with Gasteiger partial charge in [-0.1, -0.05) is 12.8 Å². The van der Waals surface area contributed by atoms with E-state index in [1.807, 2.05) is 6.33 Å². The van der Waals surface area contributed by atoms with Crippen LogP contribution < -0.4 is 5.32 Å². The van der Waals surface area contributed by atoms with Crippen LogP contribution in [0.1, 0.15) is 44.9 Å². The zero-order valence-corrected chi connectivity index (χ0v) is 11.8. The van der Waals surface area contributed by atoms with Gasteiger partial charge in [0.1, 0.15) is 12.2 Å². The van der Waals surface area contributed by atoms with Gasteiger partial charge < -0.3 is 14.6 Å². The highest BCUT2D eigenvalue weighted by Gasteiger charge is 2.45. The first-order chi connectivity index (χ1) is 9.34. The van der Waals surface area contributed by atoms with E-state index in [-0.39, 0.29) is 5.60 Å². The van der Waals surface area contributed by atoms with Gasteiger partial charge in [-0.3, -0.25) is 0 Å². The molecule has 1 aromatic heterocycles. The molecule has 1 saturated heterocycles. The average Bonchev–Trinajstić information content (AvgIpc) is 3.14. The van der Waals surface area contributed by atoms with Crippen LogP contribution in [0.3, 0.4) is 0 Å². The Morgan fingerprint density at radius 2 is 2.32 bits per heavy atom. The van der Waals surface area contributed by atoms with Crippen molar-refractivity contribution in [2.45, 2.75) is 63.6 Å². The van der Waals surface area contributed by atoms with Crippen molar-refractivity contribution < 1.29 is 4.74 Å². The Hall–Kier alpha value is -0.940. The van der Waals surface area contributed by atoms with Crippen molar-refractivity contribution in [3.8, 4) is 0 Å². The fourth-order valence-electron chi connectivity index (χ4n) is 3.59. The van der Waals surface area contributed by atoms with Crippen molar-refractivity contribution in [1.29, 1.82) is 0 Å². The Bertz CT molecular complexity index is 406. The van der Waals surface area contributed by atoms with E-state index in [1.165, 1.54) is 25.7 Å². The van der Waals surface area contributed by atoms with Crippen molar-refractivity contribution in [2.75, 3.05) is 13.2 Å². The summed E-state index contributed by atoms with van der Waals surface area (Å²) in [6.07, 6.45) is 9.02. The summed E-state index contributed by atoms with van der Waals surface area (Å²) < 4.78 is 8.16. The van der Waals surface area contributed by atoms with Crippen LogP contribution in [0.4, 0.5) is 0 Å². The highest BCUT2D eigenvalue weighted by atomic mass is 16.5. The lowest BCUT2D eigenvalue weighted by Gasteiger charge is -2.30. The van der Waals surface area contributed by atoms with Crippen LogP contribution in [0, 0.1) is 0 Å². The summed E-state index contributed by atoms with van der Waals surface area (Å²) >= 11 is 0. The van der Waals surface area contributed by atoms with Gasteiger partial charge in [0, 0.05) is 32.2 Å². The van der Waals surface area contributed by atoms with Crippen molar-refractivity contribution in [1.82, 2.24) is 20.1 Å². The Balaban J connectivity index is 1.52. The van der Waals surface area contributed by atoms with E-state index in [0.717, 1.165) is 38.4 Å². The normalized spacial score (nSPS) is 25.4. The van der Waals surface area contributed by atoms with E-state index in [4.69, 9.17) is 4.74 Å². The van der Waals surface area contributed by atoms with E-state index in [2.05, 4.69) is 27.0 Å². The molecule has 2 heterocycles. The molecule has 0 aromatic carbocycles. The summed E-state index contributed by atoms with van der Waals surface area (Å²) in [6.45, 7) is 4.95. The first-order valence-electron chi connectivity index (χ1n) is 7.58. The molecule has 5 heteroatoms. The van der Waals surface area contributed by atoms with Gasteiger partial charge in [-0.15, -0.1) is 10.2 Å². The second kappa shape index (κ2) is 5.59. The predicted octanol–water partition coefficient (Wildman–Crippen LogP) is 1.53. The third-order valence-corrected chi connectivity index (χ3v) is 4.66. The van der Waals surface area contributed by atoms with Crippen molar-refractivity contribution in [3.63, 3.8) is 0 Å². The summed E-state index contributed by atoms with van der Waals surface area (Å²) in [5.41, 5.74) is 0.151. The number of rotatable bonds is 5. The lowest BCUT2D eigenvalue weighted by molar-refractivity contribution is -0.00443. The second-order valence-corrected chi connectivity index (χ2v) is 5.70. The second-order valence-electron chi connectivity index (χ2n) is 5.70. The lowest BCUT2D eigenvalue weighted by Crippen LogP contribution is -2.46. The predicted molar refractivity (Wildman–Crippen MR) is 73.0 cm³/mol. The molecule has 0 amide bonds. The number of nitrogens with one attached hydrogen (secondary N) is 1. The molecule has 1 N–H and O–H groups in total. The first kappa shape index (κ1) is 13.1. The molecule has 1 aromatic rings. The number of aryl methyl sites for hydroxylation is 1. The van der Waals surface area contributed by atoms with Gasteiger partial charge in [0.2, 0.25) is 0 Å². The molecule has 2 aliphatic rings. The molecule has 1 aliphatic carbocycles. The molecule has 0 bridgehead atoms. The van der Waals surface area contributed by atoms with Crippen LogP contribution in [-0.4, -0.2) is 39.6 Å². The molecule has 106 valence electrons. The van der Waals surface area contributed by atoms with E-state index >= 15 is 0 Å². The summed E-state index contributed by atoms with van der Waals surface area (Å²) in [5.74, 6) is 1.08. The van der Waals surface area contributed by atoms with E-state index in [1.54, 1.807) is 0 Å². The maximum Gasteiger partial charge on any atom is 0.134 e. The number of hydrogen-bond donors (Lipinski definition) is 1. The molecule has 1 aliphatic heterocycles. The number of nitrogens with zero attached hydrogens (tertiary/aromatic N) is 3. The van der Waals surface area contributed by atoms with Crippen molar-refractivity contribution in [3.05, 3.63) is 12.2 Å². The average molecular weight is 264 g/mol. The number of aromatic nitrogens is 3. The molecule has 1 saturated carbocycles. The van der Waals surface area contributed by atoms with Crippen LogP contribution in [0.25, 0.3) is 0 Å². The highest BCUT2D eigenvalue weighted by molar-refractivity contribution is 5.01. The van der Waals surface area contributed by atoms with Crippen molar-refractivity contribution in [2.24, 2.45) is 0 Å². The third-order valence-electron chi connectivity index (χ3n) is 4.66. The summed E-state index contributed by atoms with van der Waals surface area (Å²) in [4.78, 5) is 0. The molecule has 3 rings (SSSR count). The standard InChI is InChI=1S/C14H24N4O/c1-2-18-11-16-17-13(18)5-9-15-12-6-10-19-14(12)7-3-4-8-14/h11-12,15H,2-10H2,1H3. The molecule has 2 fully saturated rings. The first-order valence-corrected chi connectivity index (χ1v) is 7.58. The maximum absolute atomic E-state index is 6.05. The van der Waals surface area contributed by atoms with Crippen LogP contribution >= 0.6 is 0 Å². The van der Waals surface area contributed by atoms with Crippen molar-refractivity contribution >= 4 is 0 Å². The zero-order valence-electron chi connectivity index (χ0n) is 11.8. The monoisotopic (exact) mass is 264 g/mol. The largest absolute Gasteiger partial charge is 0.373 e. The van der Waals surface area contributed by atoms with Gasteiger partial charge in [0.05, 0.1) is 5.60 Å². The van der Waals surface area contributed by atoms with E-state index in [9.17, 15) is 0 Å². The van der Waals surface area contributed by atoms with Gasteiger partial charge in [-0.05, 0) is 26.2 Å². The van der Waals surface area contributed by atoms with Gasteiger partial charge >= 0.3 is 0 Å². The quantitative estimate of drug-likeness (QED) is 0.876. The maximum atomic E-state index is 6.05. The minimum atomic E-state index is 0.151. The smallest absolute Gasteiger partial charge is 0.134 e. The molecule has 1 spiro atoms. The third kappa shape index (κ3) is 2.54. The summed E-state index contributed by atoms with van der Waals surface area (Å²) in [5, 5.41) is 11.9. The Labute approximate surface area is 114 Å². The molecule has 19 heavy (non-hydrogen) atoms. The molecule has 1 atom stereocenters. The van der Waals surface area contributed by atoms with Gasteiger partial charge in [0.15, 0.2) is 0 Å². The van der Waals surface area contributed by atoms with E-state index in [0.29, 0.717) is 6.04 Å². The molecular formula is C14H24N4O. The number of ether oxygens (including phenoxy) is 1. The van der Waals surface area contributed by atoms with Crippen LogP contribution in [-0.2, 0) is 17.7 Å². The summed E-state index contributed by atoms with van der Waals surface area (Å²) in [7, 11) is 0. The molecular weight excluding hydrogens is 240 g/mol. The van der Waals surface area contributed by atoms with Gasteiger partial charge in [0.25, 0.3) is 0 Å². The Kier molecular flexibility index (Phi) is 3.84. The topological polar surface area (TPSA) is 52.0 Å². The van der Waals surface area contributed by atoms with Gasteiger partial charge in [-0.25, -0.2) is 0 Å². The fraction of sp³-hybridized carbons (Fsp3) is 0.857.